The molecule has 0 fully saturated rings. The van der Waals surface area contributed by atoms with Gasteiger partial charge in [0.05, 0.1) is 0 Å². The zero-order valence-electron chi connectivity index (χ0n) is 8.53. The van der Waals surface area contributed by atoms with Gasteiger partial charge in [-0.3, -0.25) is 16.3 Å². The predicted molar refractivity (Wildman–Crippen MR) is 58.5 cm³/mol. The smallest absolute Gasteiger partial charge is 0.0419 e. The van der Waals surface area contributed by atoms with Crippen LogP contribution >= 0.6 is 0 Å². The Morgan fingerprint density at radius 3 is 2.93 bits per heavy atom. The van der Waals surface area contributed by atoms with E-state index in [1.807, 2.05) is 25.1 Å². The molecule has 1 atom stereocenters. The van der Waals surface area contributed by atoms with Gasteiger partial charge in [-0.1, -0.05) is 11.6 Å². The highest BCUT2D eigenvalue weighted by atomic mass is 15.2. The maximum Gasteiger partial charge on any atom is 0.0419 e. The van der Waals surface area contributed by atoms with Crippen LogP contribution < -0.4 is 11.3 Å². The maximum absolute atomic E-state index is 5.45. The zero-order chi connectivity index (χ0) is 10.4. The van der Waals surface area contributed by atoms with Gasteiger partial charge in [-0.05, 0) is 25.5 Å². The van der Waals surface area contributed by atoms with E-state index in [1.54, 1.807) is 6.20 Å². The van der Waals surface area contributed by atoms with Crippen molar-refractivity contribution in [3.05, 3.63) is 42.2 Å². The van der Waals surface area contributed by atoms with Gasteiger partial charge in [0, 0.05) is 24.4 Å². The molecule has 1 aromatic rings. The fourth-order valence-electron chi connectivity index (χ4n) is 1.38. The second kappa shape index (κ2) is 5.52. The van der Waals surface area contributed by atoms with E-state index in [-0.39, 0.29) is 6.04 Å². The lowest BCUT2D eigenvalue weighted by Gasteiger charge is -2.14. The molecule has 0 aliphatic carbocycles. The first-order valence-corrected chi connectivity index (χ1v) is 4.72. The summed E-state index contributed by atoms with van der Waals surface area (Å²) in [6.45, 7) is 5.87. The maximum atomic E-state index is 5.45. The van der Waals surface area contributed by atoms with Gasteiger partial charge in [-0.15, -0.1) is 6.58 Å². The summed E-state index contributed by atoms with van der Waals surface area (Å²) in [6.07, 6.45) is 3.51. The molecule has 0 saturated carbocycles. The van der Waals surface area contributed by atoms with Gasteiger partial charge in [0.25, 0.3) is 0 Å². The van der Waals surface area contributed by atoms with Gasteiger partial charge < -0.3 is 0 Å². The molecule has 0 aliphatic heterocycles. The van der Waals surface area contributed by atoms with Crippen molar-refractivity contribution >= 4 is 0 Å². The van der Waals surface area contributed by atoms with Crippen LogP contribution in [-0.4, -0.2) is 11.0 Å². The lowest BCUT2D eigenvalue weighted by atomic mass is 10.0. The molecule has 0 radical (unpaired) electrons. The van der Waals surface area contributed by atoms with Crippen molar-refractivity contribution in [1.29, 1.82) is 0 Å². The van der Waals surface area contributed by atoms with E-state index in [4.69, 9.17) is 5.84 Å². The number of nitrogens with zero attached hydrogens (tertiary/aromatic N) is 1. The van der Waals surface area contributed by atoms with Gasteiger partial charge in [0.15, 0.2) is 0 Å². The van der Waals surface area contributed by atoms with Crippen molar-refractivity contribution in [2.45, 2.75) is 25.8 Å². The van der Waals surface area contributed by atoms with Crippen LogP contribution in [0.4, 0.5) is 0 Å². The molecular weight excluding hydrogens is 174 g/mol. The van der Waals surface area contributed by atoms with E-state index >= 15 is 0 Å². The minimum absolute atomic E-state index is 0.224. The van der Waals surface area contributed by atoms with Gasteiger partial charge >= 0.3 is 0 Å². The number of aromatic nitrogens is 1. The quantitative estimate of drug-likeness (QED) is 0.420. The van der Waals surface area contributed by atoms with Crippen LogP contribution in [0, 0.1) is 0 Å². The third-order valence-electron chi connectivity index (χ3n) is 2.01. The monoisotopic (exact) mass is 191 g/mol. The van der Waals surface area contributed by atoms with Crippen LogP contribution in [0.25, 0.3) is 0 Å². The Hall–Kier alpha value is -1.19. The third kappa shape index (κ3) is 3.68. The van der Waals surface area contributed by atoms with E-state index < -0.39 is 0 Å². The van der Waals surface area contributed by atoms with E-state index in [9.17, 15) is 0 Å². The lowest BCUT2D eigenvalue weighted by molar-refractivity contribution is 0.516. The van der Waals surface area contributed by atoms with Crippen LogP contribution in [0.15, 0.2) is 36.5 Å². The zero-order valence-corrected chi connectivity index (χ0v) is 8.53. The molecule has 0 bridgehead atoms. The van der Waals surface area contributed by atoms with E-state index in [1.165, 1.54) is 0 Å². The van der Waals surface area contributed by atoms with Gasteiger partial charge in [-0.25, -0.2) is 0 Å². The first-order chi connectivity index (χ1) is 6.72. The Bertz CT molecular complexity index is 282. The first kappa shape index (κ1) is 10.9. The second-order valence-electron chi connectivity index (χ2n) is 3.55. The van der Waals surface area contributed by atoms with E-state index in [2.05, 4.69) is 17.0 Å². The fourth-order valence-corrected chi connectivity index (χ4v) is 1.38. The summed E-state index contributed by atoms with van der Waals surface area (Å²) in [5.41, 5.74) is 4.96. The molecule has 3 nitrogen and oxygen atoms in total. The molecule has 1 aromatic heterocycles. The van der Waals surface area contributed by atoms with Crippen molar-refractivity contribution in [3.8, 4) is 0 Å². The number of hydrogen-bond acceptors (Lipinski definition) is 3. The standard InChI is InChI=1S/C11H17N3/c1-9(2)7-11(14-12)8-10-5-3-4-6-13-10/h3-6,11,14H,1,7-8,12H2,2H3. The summed E-state index contributed by atoms with van der Waals surface area (Å²) in [5, 5.41) is 0. The molecule has 14 heavy (non-hydrogen) atoms. The number of nitrogens with one attached hydrogen (secondary N) is 1. The molecule has 0 spiro atoms. The molecule has 0 aliphatic rings. The second-order valence-corrected chi connectivity index (χ2v) is 3.55. The topological polar surface area (TPSA) is 50.9 Å². The lowest BCUT2D eigenvalue weighted by Crippen LogP contribution is -2.37. The average Bonchev–Trinajstić information content (AvgIpc) is 2.17. The van der Waals surface area contributed by atoms with Crippen LogP contribution in [0.2, 0.25) is 0 Å². The highest BCUT2D eigenvalue weighted by Gasteiger charge is 2.07. The fraction of sp³-hybridized carbons (Fsp3) is 0.364. The molecule has 3 N–H and O–H groups in total. The number of hydrogen-bond donors (Lipinski definition) is 2. The normalized spacial score (nSPS) is 12.4. The van der Waals surface area contributed by atoms with Gasteiger partial charge in [-0.2, -0.15) is 0 Å². The average molecular weight is 191 g/mol. The van der Waals surface area contributed by atoms with Gasteiger partial charge in [0.1, 0.15) is 0 Å². The Balaban J connectivity index is 2.53. The number of rotatable bonds is 5. The summed E-state index contributed by atoms with van der Waals surface area (Å²) >= 11 is 0. The van der Waals surface area contributed by atoms with Crippen molar-refractivity contribution in [1.82, 2.24) is 10.4 Å². The summed E-state index contributed by atoms with van der Waals surface area (Å²) in [6, 6.07) is 6.12. The summed E-state index contributed by atoms with van der Waals surface area (Å²) < 4.78 is 0. The van der Waals surface area contributed by atoms with Crippen molar-refractivity contribution < 1.29 is 0 Å². The van der Waals surface area contributed by atoms with E-state index in [0.717, 1.165) is 24.1 Å². The highest BCUT2D eigenvalue weighted by Crippen LogP contribution is 2.06. The predicted octanol–water partition coefficient (Wildman–Crippen LogP) is 1.42. The molecule has 0 aromatic carbocycles. The highest BCUT2D eigenvalue weighted by molar-refractivity contribution is 5.06. The summed E-state index contributed by atoms with van der Waals surface area (Å²) in [5.74, 6) is 5.45. The molecule has 1 unspecified atom stereocenters. The molecular formula is C11H17N3. The Morgan fingerprint density at radius 2 is 2.43 bits per heavy atom. The van der Waals surface area contributed by atoms with Crippen molar-refractivity contribution in [2.24, 2.45) is 5.84 Å². The van der Waals surface area contributed by atoms with Crippen LogP contribution in [0.1, 0.15) is 19.0 Å². The SMILES string of the molecule is C=C(C)CC(Cc1ccccn1)NN. The van der Waals surface area contributed by atoms with Crippen LogP contribution in [0.5, 0.6) is 0 Å². The molecule has 1 rings (SSSR count). The Kier molecular flexibility index (Phi) is 4.29. The minimum Gasteiger partial charge on any atom is -0.271 e. The van der Waals surface area contributed by atoms with Gasteiger partial charge in [0.2, 0.25) is 0 Å². The van der Waals surface area contributed by atoms with Crippen LogP contribution in [-0.2, 0) is 6.42 Å². The van der Waals surface area contributed by atoms with Crippen LogP contribution in [0.3, 0.4) is 0 Å². The minimum atomic E-state index is 0.224. The molecule has 1 heterocycles. The third-order valence-corrected chi connectivity index (χ3v) is 2.01. The van der Waals surface area contributed by atoms with Crippen molar-refractivity contribution in [2.75, 3.05) is 0 Å². The summed E-state index contributed by atoms with van der Waals surface area (Å²) in [7, 11) is 0. The molecule has 76 valence electrons. The Morgan fingerprint density at radius 1 is 1.64 bits per heavy atom. The molecule has 3 heteroatoms. The van der Waals surface area contributed by atoms with E-state index in [0.29, 0.717) is 0 Å². The number of pyridine rings is 1. The van der Waals surface area contributed by atoms with Crippen molar-refractivity contribution in [3.63, 3.8) is 0 Å². The first-order valence-electron chi connectivity index (χ1n) is 4.72. The molecule has 0 amide bonds. The summed E-state index contributed by atoms with van der Waals surface area (Å²) in [4.78, 5) is 4.25. The Labute approximate surface area is 85.0 Å². The number of nitrogens with two attached hydrogens (primary N) is 1. The number of hydrazine groups is 1. The largest absolute Gasteiger partial charge is 0.271 e. The molecule has 0 saturated heterocycles.